The van der Waals surface area contributed by atoms with E-state index in [9.17, 15) is 9.90 Å². The monoisotopic (exact) mass is 251 g/mol. The molecule has 5 nitrogen and oxygen atoms in total. The van der Waals surface area contributed by atoms with Crippen LogP contribution in [0.5, 0.6) is 0 Å². The first-order chi connectivity index (χ1) is 8.60. The van der Waals surface area contributed by atoms with E-state index in [0.29, 0.717) is 13.0 Å². The number of carbonyl (C=O) groups excluding carboxylic acids is 1. The summed E-state index contributed by atoms with van der Waals surface area (Å²) in [5.74, 6) is -0.0294. The molecule has 0 spiro atoms. The van der Waals surface area contributed by atoms with Crippen LogP contribution >= 0.6 is 0 Å². The number of rotatable bonds is 4. The summed E-state index contributed by atoms with van der Waals surface area (Å²) in [4.78, 5) is 18.5. The van der Waals surface area contributed by atoms with E-state index >= 15 is 0 Å². The SMILES string of the molecule is CC1(CNC(=O)Cc2cnc[nH]2)CCCCC1O. The zero-order valence-corrected chi connectivity index (χ0v) is 10.8. The van der Waals surface area contributed by atoms with Crippen molar-refractivity contribution in [1.82, 2.24) is 15.3 Å². The Morgan fingerprint density at radius 1 is 1.67 bits per heavy atom. The summed E-state index contributed by atoms with van der Waals surface area (Å²) in [5, 5.41) is 12.9. The summed E-state index contributed by atoms with van der Waals surface area (Å²) in [6.07, 6.45) is 7.24. The van der Waals surface area contributed by atoms with E-state index in [-0.39, 0.29) is 17.4 Å². The van der Waals surface area contributed by atoms with Crippen LogP contribution in [0, 0.1) is 5.41 Å². The molecule has 3 N–H and O–H groups in total. The van der Waals surface area contributed by atoms with Crippen LogP contribution in [-0.2, 0) is 11.2 Å². The van der Waals surface area contributed by atoms with Crippen LogP contribution in [0.4, 0.5) is 0 Å². The van der Waals surface area contributed by atoms with E-state index in [1.165, 1.54) is 0 Å². The Morgan fingerprint density at radius 3 is 3.17 bits per heavy atom. The maximum Gasteiger partial charge on any atom is 0.226 e. The number of aromatic nitrogens is 2. The average molecular weight is 251 g/mol. The van der Waals surface area contributed by atoms with Crippen molar-refractivity contribution in [1.29, 1.82) is 0 Å². The second kappa shape index (κ2) is 5.52. The molecule has 100 valence electrons. The van der Waals surface area contributed by atoms with Gasteiger partial charge in [-0.1, -0.05) is 19.8 Å². The fourth-order valence-corrected chi connectivity index (χ4v) is 2.51. The fourth-order valence-electron chi connectivity index (χ4n) is 2.51. The summed E-state index contributed by atoms with van der Waals surface area (Å²) < 4.78 is 0. The Morgan fingerprint density at radius 2 is 2.50 bits per heavy atom. The molecule has 1 aliphatic rings. The van der Waals surface area contributed by atoms with Crippen molar-refractivity contribution < 1.29 is 9.90 Å². The molecule has 0 aliphatic heterocycles. The van der Waals surface area contributed by atoms with Gasteiger partial charge in [0.25, 0.3) is 0 Å². The third-order valence-electron chi connectivity index (χ3n) is 3.88. The predicted octanol–water partition coefficient (Wildman–Crippen LogP) is 1.01. The number of nitrogens with one attached hydrogen (secondary N) is 2. The van der Waals surface area contributed by atoms with Gasteiger partial charge >= 0.3 is 0 Å². The van der Waals surface area contributed by atoms with E-state index in [2.05, 4.69) is 15.3 Å². The highest BCUT2D eigenvalue weighted by molar-refractivity contribution is 5.78. The lowest BCUT2D eigenvalue weighted by atomic mass is 9.73. The molecule has 1 heterocycles. The molecule has 0 aromatic carbocycles. The summed E-state index contributed by atoms with van der Waals surface area (Å²) in [6, 6.07) is 0. The maximum absolute atomic E-state index is 11.8. The number of imidazole rings is 1. The first kappa shape index (κ1) is 13.1. The molecule has 1 amide bonds. The number of H-pyrrole nitrogens is 1. The lowest BCUT2D eigenvalue weighted by Crippen LogP contribution is -2.45. The zero-order chi connectivity index (χ0) is 13.0. The normalized spacial score (nSPS) is 28.0. The number of amides is 1. The lowest BCUT2D eigenvalue weighted by Gasteiger charge is -2.38. The van der Waals surface area contributed by atoms with Crippen LogP contribution in [0.25, 0.3) is 0 Å². The average Bonchev–Trinajstić information content (AvgIpc) is 2.84. The van der Waals surface area contributed by atoms with Crippen molar-refractivity contribution in [2.24, 2.45) is 5.41 Å². The quantitative estimate of drug-likeness (QED) is 0.747. The molecule has 2 unspecified atom stereocenters. The number of hydrogen-bond acceptors (Lipinski definition) is 3. The van der Waals surface area contributed by atoms with Gasteiger partial charge in [-0.2, -0.15) is 0 Å². The first-order valence-electron chi connectivity index (χ1n) is 6.52. The number of aliphatic hydroxyl groups excluding tert-OH is 1. The van der Waals surface area contributed by atoms with Crippen molar-refractivity contribution >= 4 is 5.91 Å². The van der Waals surface area contributed by atoms with Gasteiger partial charge in [-0.05, 0) is 12.8 Å². The zero-order valence-electron chi connectivity index (χ0n) is 10.8. The predicted molar refractivity (Wildman–Crippen MR) is 67.9 cm³/mol. The maximum atomic E-state index is 11.8. The molecule has 2 atom stereocenters. The second-order valence-corrected chi connectivity index (χ2v) is 5.45. The molecule has 1 aromatic rings. The van der Waals surface area contributed by atoms with Crippen LogP contribution < -0.4 is 5.32 Å². The van der Waals surface area contributed by atoms with Gasteiger partial charge in [-0.15, -0.1) is 0 Å². The highest BCUT2D eigenvalue weighted by Gasteiger charge is 2.35. The van der Waals surface area contributed by atoms with Crippen LogP contribution in [-0.4, -0.2) is 33.6 Å². The third kappa shape index (κ3) is 3.10. The highest BCUT2D eigenvalue weighted by Crippen LogP contribution is 2.35. The molecule has 1 fully saturated rings. The highest BCUT2D eigenvalue weighted by atomic mass is 16.3. The molecule has 0 bridgehead atoms. The Hall–Kier alpha value is -1.36. The topological polar surface area (TPSA) is 78.0 Å². The first-order valence-corrected chi connectivity index (χ1v) is 6.52. The van der Waals surface area contributed by atoms with Gasteiger partial charge < -0.3 is 15.4 Å². The van der Waals surface area contributed by atoms with E-state index < -0.39 is 0 Å². The van der Waals surface area contributed by atoms with Gasteiger partial charge in [0.15, 0.2) is 0 Å². The fraction of sp³-hybridized carbons (Fsp3) is 0.692. The minimum absolute atomic E-state index is 0.0294. The molecule has 0 saturated heterocycles. The summed E-state index contributed by atoms with van der Waals surface area (Å²) in [7, 11) is 0. The second-order valence-electron chi connectivity index (χ2n) is 5.45. The van der Waals surface area contributed by atoms with Crippen LogP contribution in [0.2, 0.25) is 0 Å². The third-order valence-corrected chi connectivity index (χ3v) is 3.88. The molecule has 1 aromatic heterocycles. The Balaban J connectivity index is 1.81. The molecule has 5 heteroatoms. The van der Waals surface area contributed by atoms with Crippen LogP contribution in [0.1, 0.15) is 38.3 Å². The van der Waals surface area contributed by atoms with Crippen LogP contribution in [0.3, 0.4) is 0 Å². The van der Waals surface area contributed by atoms with E-state index in [4.69, 9.17) is 0 Å². The van der Waals surface area contributed by atoms with Crippen LogP contribution in [0.15, 0.2) is 12.5 Å². The molecular weight excluding hydrogens is 230 g/mol. The lowest BCUT2D eigenvalue weighted by molar-refractivity contribution is -0.121. The number of hydrogen-bond donors (Lipinski definition) is 3. The number of aliphatic hydroxyl groups is 1. The molecule has 18 heavy (non-hydrogen) atoms. The van der Waals surface area contributed by atoms with Crippen molar-refractivity contribution in [3.63, 3.8) is 0 Å². The van der Waals surface area contributed by atoms with E-state index in [1.807, 2.05) is 6.92 Å². The summed E-state index contributed by atoms with van der Waals surface area (Å²) in [6.45, 7) is 2.59. The van der Waals surface area contributed by atoms with Crippen molar-refractivity contribution in [3.8, 4) is 0 Å². The van der Waals surface area contributed by atoms with E-state index in [1.54, 1.807) is 12.5 Å². The Kier molecular flexibility index (Phi) is 4.01. The van der Waals surface area contributed by atoms with Gasteiger partial charge in [0.1, 0.15) is 0 Å². The van der Waals surface area contributed by atoms with Crippen molar-refractivity contribution in [2.75, 3.05) is 6.54 Å². The van der Waals surface area contributed by atoms with E-state index in [0.717, 1.165) is 31.4 Å². The number of nitrogens with zero attached hydrogens (tertiary/aromatic N) is 1. The molecule has 2 rings (SSSR count). The Bertz CT molecular complexity index is 391. The molecule has 1 aliphatic carbocycles. The standard InChI is InChI=1S/C13H21N3O2/c1-13(5-3-2-4-11(13)17)8-15-12(18)6-10-7-14-9-16-10/h7,9,11,17H,2-6,8H2,1H3,(H,14,16)(H,15,18). The molecule has 0 radical (unpaired) electrons. The van der Waals surface area contributed by atoms with Crippen molar-refractivity contribution in [2.45, 2.75) is 45.1 Å². The van der Waals surface area contributed by atoms with Crippen molar-refractivity contribution in [3.05, 3.63) is 18.2 Å². The Labute approximate surface area is 107 Å². The largest absolute Gasteiger partial charge is 0.392 e. The molecule has 1 saturated carbocycles. The summed E-state index contributed by atoms with van der Waals surface area (Å²) in [5.41, 5.74) is 0.629. The minimum atomic E-state index is -0.307. The summed E-state index contributed by atoms with van der Waals surface area (Å²) >= 11 is 0. The smallest absolute Gasteiger partial charge is 0.226 e. The molecular formula is C13H21N3O2. The van der Waals surface area contributed by atoms with Gasteiger partial charge in [0.05, 0.1) is 18.9 Å². The number of aromatic amines is 1. The van der Waals surface area contributed by atoms with Gasteiger partial charge in [-0.3, -0.25) is 4.79 Å². The number of carbonyl (C=O) groups is 1. The minimum Gasteiger partial charge on any atom is -0.392 e. The van der Waals surface area contributed by atoms with Gasteiger partial charge in [0, 0.05) is 23.9 Å². The van der Waals surface area contributed by atoms with Gasteiger partial charge in [-0.25, -0.2) is 4.98 Å². The van der Waals surface area contributed by atoms with Gasteiger partial charge in [0.2, 0.25) is 5.91 Å².